The highest BCUT2D eigenvalue weighted by molar-refractivity contribution is 5.82. The fourth-order valence-electron chi connectivity index (χ4n) is 6.58. The van der Waals surface area contributed by atoms with Crippen LogP contribution in [-0.2, 0) is 25.7 Å². The fourth-order valence-corrected chi connectivity index (χ4v) is 6.58. The molecule has 2 heteroatoms. The molecule has 0 radical (unpaired) electrons. The van der Waals surface area contributed by atoms with Crippen molar-refractivity contribution in [3.8, 4) is 11.1 Å². The van der Waals surface area contributed by atoms with Crippen LogP contribution in [0.3, 0.4) is 0 Å². The van der Waals surface area contributed by atoms with Gasteiger partial charge in [-0.3, -0.25) is 0 Å². The molecule has 1 aliphatic rings. The van der Waals surface area contributed by atoms with Gasteiger partial charge >= 0.3 is 0 Å². The highest BCUT2D eigenvalue weighted by Crippen LogP contribution is 2.55. The molecule has 41 heavy (non-hydrogen) atoms. The SMILES string of the molecule is C=CCCCOCCC1(CCOCCCC=C)c2cc(C(C)(CC)CC)ccc2-c2ccc(C(C)(CC)CC)cc21. The summed E-state index contributed by atoms with van der Waals surface area (Å²) in [6.07, 6.45) is 14.5. The molecule has 226 valence electrons. The molecule has 0 aliphatic heterocycles. The van der Waals surface area contributed by atoms with E-state index in [0.29, 0.717) is 0 Å². The third kappa shape index (κ3) is 7.26. The minimum absolute atomic E-state index is 0.127. The van der Waals surface area contributed by atoms with E-state index in [9.17, 15) is 0 Å². The molecule has 3 rings (SSSR count). The average Bonchev–Trinajstić information content (AvgIpc) is 3.28. The number of unbranched alkanes of at least 4 members (excludes halogenated alkanes) is 2. The van der Waals surface area contributed by atoms with Crippen molar-refractivity contribution in [2.24, 2.45) is 0 Å². The third-order valence-electron chi connectivity index (χ3n) is 10.6. The Hall–Kier alpha value is -2.16. The van der Waals surface area contributed by atoms with Crippen LogP contribution in [0.1, 0.15) is 128 Å². The van der Waals surface area contributed by atoms with Crippen molar-refractivity contribution in [3.63, 3.8) is 0 Å². The quantitative estimate of drug-likeness (QED) is 0.119. The second-order valence-corrected chi connectivity index (χ2v) is 12.7. The van der Waals surface area contributed by atoms with Crippen molar-refractivity contribution < 1.29 is 9.47 Å². The minimum Gasteiger partial charge on any atom is -0.381 e. The van der Waals surface area contributed by atoms with Gasteiger partial charge in [0.05, 0.1) is 0 Å². The van der Waals surface area contributed by atoms with E-state index in [1.54, 1.807) is 0 Å². The summed E-state index contributed by atoms with van der Waals surface area (Å²) in [6.45, 7) is 25.0. The molecule has 0 saturated heterocycles. The zero-order valence-corrected chi connectivity index (χ0v) is 27.2. The molecule has 0 atom stereocenters. The van der Waals surface area contributed by atoms with E-state index in [1.807, 2.05) is 12.2 Å². The number of allylic oxidation sites excluding steroid dienone is 2. The molecular weight excluding hydrogens is 500 g/mol. The molecule has 0 N–H and O–H groups in total. The Balaban J connectivity index is 2.13. The molecule has 1 aliphatic carbocycles. The number of fused-ring (bicyclic) bond motifs is 3. The second-order valence-electron chi connectivity index (χ2n) is 12.7. The zero-order valence-electron chi connectivity index (χ0n) is 27.2. The van der Waals surface area contributed by atoms with E-state index in [0.717, 1.165) is 90.6 Å². The maximum absolute atomic E-state index is 6.29. The number of benzene rings is 2. The lowest BCUT2D eigenvalue weighted by molar-refractivity contribution is 0.0933. The summed E-state index contributed by atoms with van der Waals surface area (Å²) < 4.78 is 12.6. The van der Waals surface area contributed by atoms with E-state index in [1.165, 1.54) is 33.4 Å². The molecule has 0 saturated carbocycles. The van der Waals surface area contributed by atoms with Gasteiger partial charge in [0, 0.05) is 31.8 Å². The Kier molecular flexibility index (Phi) is 12.5. The first-order chi connectivity index (χ1) is 19.8. The molecule has 0 aromatic heterocycles. The lowest BCUT2D eigenvalue weighted by Gasteiger charge is -2.35. The number of hydrogen-bond donors (Lipinski definition) is 0. The van der Waals surface area contributed by atoms with Crippen LogP contribution in [-0.4, -0.2) is 26.4 Å². The zero-order chi connectivity index (χ0) is 29.9. The molecule has 0 spiro atoms. The largest absolute Gasteiger partial charge is 0.381 e. The third-order valence-corrected chi connectivity index (χ3v) is 10.6. The predicted molar refractivity (Wildman–Crippen MR) is 178 cm³/mol. The monoisotopic (exact) mass is 558 g/mol. The molecular formula is C39H58O2. The van der Waals surface area contributed by atoms with E-state index in [-0.39, 0.29) is 16.2 Å². The van der Waals surface area contributed by atoms with Crippen molar-refractivity contribution >= 4 is 0 Å². The van der Waals surface area contributed by atoms with Gasteiger partial charge in [0.2, 0.25) is 0 Å². The number of rotatable bonds is 20. The van der Waals surface area contributed by atoms with Crippen LogP contribution in [0.4, 0.5) is 0 Å². The normalized spacial score (nSPS) is 14.1. The summed E-state index contributed by atoms with van der Waals surface area (Å²) in [4.78, 5) is 0. The Bertz CT molecular complexity index is 1030. The van der Waals surface area contributed by atoms with Crippen molar-refractivity contribution in [2.45, 2.75) is 122 Å². The van der Waals surface area contributed by atoms with Gasteiger partial charge in [0.25, 0.3) is 0 Å². The Labute approximate surface area is 252 Å². The van der Waals surface area contributed by atoms with Crippen molar-refractivity contribution in [1.29, 1.82) is 0 Å². The van der Waals surface area contributed by atoms with Crippen LogP contribution in [0.2, 0.25) is 0 Å². The topological polar surface area (TPSA) is 18.5 Å². The van der Waals surface area contributed by atoms with Crippen LogP contribution in [0.25, 0.3) is 11.1 Å². The molecule has 0 fully saturated rings. The van der Waals surface area contributed by atoms with Crippen LogP contribution in [0.5, 0.6) is 0 Å². The molecule has 0 heterocycles. The summed E-state index contributed by atoms with van der Waals surface area (Å²) in [5, 5.41) is 0. The molecule has 0 bridgehead atoms. The standard InChI is InChI=1S/C39H58O2/c1-9-15-17-25-40-27-23-39(24-28-41-26-18-16-10-2)35-29-31(37(7,11-3)12-4)19-21-33(35)34-22-20-32(30-36(34)39)38(8,13-5)14-6/h9-10,19-22,29-30H,1-2,11-18,23-28H2,3-8H3. The molecule has 2 nitrogen and oxygen atoms in total. The summed E-state index contributed by atoms with van der Waals surface area (Å²) in [5.41, 5.74) is 8.91. The highest BCUT2D eigenvalue weighted by atomic mass is 16.5. The van der Waals surface area contributed by atoms with Crippen molar-refractivity contribution in [1.82, 2.24) is 0 Å². The van der Waals surface area contributed by atoms with Gasteiger partial charge in [-0.25, -0.2) is 0 Å². The van der Waals surface area contributed by atoms with Gasteiger partial charge in [-0.05, 0) is 108 Å². The lowest BCUT2D eigenvalue weighted by Crippen LogP contribution is -2.31. The summed E-state index contributed by atoms with van der Waals surface area (Å²) >= 11 is 0. The van der Waals surface area contributed by atoms with E-state index in [4.69, 9.17) is 9.47 Å². The lowest BCUT2D eigenvalue weighted by atomic mass is 9.69. The first-order valence-corrected chi connectivity index (χ1v) is 16.5. The van der Waals surface area contributed by atoms with Gasteiger partial charge < -0.3 is 9.47 Å². The summed E-state index contributed by atoms with van der Waals surface area (Å²) in [6, 6.07) is 14.8. The predicted octanol–water partition coefficient (Wildman–Crippen LogP) is 10.9. The van der Waals surface area contributed by atoms with Crippen molar-refractivity contribution in [3.05, 3.63) is 84.0 Å². The first-order valence-electron chi connectivity index (χ1n) is 16.5. The highest BCUT2D eigenvalue weighted by Gasteiger charge is 2.44. The van der Waals surface area contributed by atoms with E-state index >= 15 is 0 Å². The smallest absolute Gasteiger partial charge is 0.0477 e. The van der Waals surface area contributed by atoms with Crippen LogP contribution >= 0.6 is 0 Å². The van der Waals surface area contributed by atoms with Gasteiger partial charge in [-0.1, -0.05) is 90.1 Å². The maximum atomic E-state index is 6.29. The van der Waals surface area contributed by atoms with Crippen LogP contribution in [0.15, 0.2) is 61.7 Å². The summed E-state index contributed by atoms with van der Waals surface area (Å²) in [7, 11) is 0. The van der Waals surface area contributed by atoms with Gasteiger partial charge in [0.1, 0.15) is 0 Å². The van der Waals surface area contributed by atoms with Gasteiger partial charge in [-0.2, -0.15) is 0 Å². The number of hydrogen-bond acceptors (Lipinski definition) is 2. The Morgan fingerprint density at radius 3 is 1.37 bits per heavy atom. The second kappa shape index (κ2) is 15.4. The average molecular weight is 559 g/mol. The van der Waals surface area contributed by atoms with E-state index < -0.39 is 0 Å². The number of ether oxygens (including phenoxy) is 2. The first kappa shape index (κ1) is 33.3. The van der Waals surface area contributed by atoms with Gasteiger partial charge in [-0.15, -0.1) is 13.2 Å². The summed E-state index contributed by atoms with van der Waals surface area (Å²) in [5.74, 6) is 0. The van der Waals surface area contributed by atoms with E-state index in [2.05, 4.69) is 91.1 Å². The van der Waals surface area contributed by atoms with Crippen molar-refractivity contribution in [2.75, 3.05) is 26.4 Å². The molecule has 2 aromatic rings. The molecule has 0 unspecified atom stereocenters. The maximum Gasteiger partial charge on any atom is 0.0477 e. The fraction of sp³-hybridized carbons (Fsp3) is 0.590. The van der Waals surface area contributed by atoms with Crippen LogP contribution in [0, 0.1) is 0 Å². The minimum atomic E-state index is -0.127. The van der Waals surface area contributed by atoms with Crippen LogP contribution < -0.4 is 0 Å². The Morgan fingerprint density at radius 1 is 0.634 bits per heavy atom. The Morgan fingerprint density at radius 2 is 1.02 bits per heavy atom. The molecule has 0 amide bonds. The molecule has 2 aromatic carbocycles. The van der Waals surface area contributed by atoms with Gasteiger partial charge in [0.15, 0.2) is 0 Å².